The lowest BCUT2D eigenvalue weighted by molar-refractivity contribution is 0.791. The van der Waals surface area contributed by atoms with E-state index in [0.29, 0.717) is 6.04 Å². The zero-order chi connectivity index (χ0) is 9.80. The van der Waals surface area contributed by atoms with Crippen LogP contribution in [0.4, 0.5) is 5.13 Å². The second kappa shape index (κ2) is 4.52. The fourth-order valence-electron chi connectivity index (χ4n) is 1.26. The number of nitrogens with one attached hydrogen (secondary N) is 1. The van der Waals surface area contributed by atoms with Crippen molar-refractivity contribution >= 4 is 28.0 Å². The van der Waals surface area contributed by atoms with Gasteiger partial charge in [0.25, 0.3) is 0 Å². The van der Waals surface area contributed by atoms with Crippen molar-refractivity contribution in [1.29, 1.82) is 0 Å². The Bertz CT molecular complexity index is 319. The summed E-state index contributed by atoms with van der Waals surface area (Å²) in [5.41, 5.74) is 1.37. The van der Waals surface area contributed by atoms with E-state index in [-0.39, 0.29) is 0 Å². The normalized spacial score (nSPS) is 12.6. The molecule has 1 unspecified atom stereocenters. The molecule has 74 valence electrons. The molecule has 0 radical (unpaired) electrons. The van der Waals surface area contributed by atoms with E-state index in [1.165, 1.54) is 17.1 Å². The third kappa shape index (κ3) is 2.52. The molecular formula is C9H11N3S2. The Balaban J connectivity index is 1.88. The molecule has 0 aliphatic rings. The molecule has 2 aromatic rings. The van der Waals surface area contributed by atoms with Crippen molar-refractivity contribution in [1.82, 2.24) is 9.36 Å². The number of rotatable bonds is 4. The number of anilines is 1. The molecule has 14 heavy (non-hydrogen) atoms. The van der Waals surface area contributed by atoms with E-state index in [1.54, 1.807) is 17.7 Å². The maximum Gasteiger partial charge on any atom is 0.202 e. The Morgan fingerprint density at radius 2 is 2.50 bits per heavy atom. The fraction of sp³-hybridized carbons (Fsp3) is 0.333. The highest BCUT2D eigenvalue weighted by Crippen LogP contribution is 2.13. The number of hydrogen-bond donors (Lipinski definition) is 1. The molecule has 2 aromatic heterocycles. The van der Waals surface area contributed by atoms with Gasteiger partial charge < -0.3 is 5.32 Å². The second-order valence-corrected chi connectivity index (χ2v) is 4.69. The Kier molecular flexibility index (Phi) is 3.10. The molecule has 1 atom stereocenters. The van der Waals surface area contributed by atoms with Gasteiger partial charge in [0.05, 0.1) is 0 Å². The van der Waals surface area contributed by atoms with Gasteiger partial charge in [0.2, 0.25) is 5.13 Å². The molecule has 5 heteroatoms. The first kappa shape index (κ1) is 9.61. The molecule has 0 aromatic carbocycles. The quantitative estimate of drug-likeness (QED) is 0.869. The van der Waals surface area contributed by atoms with Crippen LogP contribution in [0.5, 0.6) is 0 Å². The van der Waals surface area contributed by atoms with Gasteiger partial charge in [-0.05, 0) is 35.7 Å². The highest BCUT2D eigenvalue weighted by Gasteiger charge is 2.05. The second-order valence-electron chi connectivity index (χ2n) is 3.13. The van der Waals surface area contributed by atoms with Crippen molar-refractivity contribution in [2.24, 2.45) is 0 Å². The van der Waals surface area contributed by atoms with E-state index < -0.39 is 0 Å². The molecule has 0 amide bonds. The standard InChI is InChI=1S/C9H11N3S2/c1-7(4-8-2-3-13-5-8)12-9-10-6-11-14-9/h2-3,5-7H,4H2,1H3,(H,10,11,12). The summed E-state index contributed by atoms with van der Waals surface area (Å²) in [6.45, 7) is 2.15. The Labute approximate surface area is 91.0 Å². The summed E-state index contributed by atoms with van der Waals surface area (Å²) in [7, 11) is 0. The lowest BCUT2D eigenvalue weighted by Crippen LogP contribution is -2.17. The Morgan fingerprint density at radius 1 is 1.57 bits per heavy atom. The molecule has 0 spiro atoms. The van der Waals surface area contributed by atoms with Crippen molar-refractivity contribution in [3.05, 3.63) is 28.7 Å². The third-order valence-corrected chi connectivity index (χ3v) is 3.18. The third-order valence-electron chi connectivity index (χ3n) is 1.85. The van der Waals surface area contributed by atoms with Gasteiger partial charge in [-0.3, -0.25) is 0 Å². The van der Waals surface area contributed by atoms with Crippen LogP contribution >= 0.6 is 22.9 Å². The van der Waals surface area contributed by atoms with Gasteiger partial charge in [-0.2, -0.15) is 15.7 Å². The molecule has 1 N–H and O–H groups in total. The summed E-state index contributed by atoms with van der Waals surface area (Å²) in [6, 6.07) is 2.56. The van der Waals surface area contributed by atoms with E-state index in [1.807, 2.05) is 0 Å². The average molecular weight is 225 g/mol. The first-order valence-corrected chi connectivity index (χ1v) is 6.10. The smallest absolute Gasteiger partial charge is 0.202 e. The molecule has 2 heterocycles. The van der Waals surface area contributed by atoms with Crippen molar-refractivity contribution in [2.75, 3.05) is 5.32 Å². The molecule has 0 aliphatic carbocycles. The predicted molar refractivity (Wildman–Crippen MR) is 61.0 cm³/mol. The summed E-state index contributed by atoms with van der Waals surface area (Å²) in [5.74, 6) is 0. The van der Waals surface area contributed by atoms with Crippen LogP contribution in [0.25, 0.3) is 0 Å². The minimum atomic E-state index is 0.401. The first-order valence-electron chi connectivity index (χ1n) is 4.39. The topological polar surface area (TPSA) is 37.8 Å². The lowest BCUT2D eigenvalue weighted by atomic mass is 10.1. The van der Waals surface area contributed by atoms with Gasteiger partial charge in [0, 0.05) is 17.6 Å². The average Bonchev–Trinajstić information content (AvgIpc) is 2.76. The van der Waals surface area contributed by atoms with Gasteiger partial charge in [0.15, 0.2) is 0 Å². The maximum atomic E-state index is 4.08. The van der Waals surface area contributed by atoms with Gasteiger partial charge in [-0.1, -0.05) is 0 Å². The van der Waals surface area contributed by atoms with E-state index >= 15 is 0 Å². The van der Waals surface area contributed by atoms with E-state index in [0.717, 1.165) is 11.6 Å². The first-order chi connectivity index (χ1) is 6.84. The van der Waals surface area contributed by atoms with E-state index in [4.69, 9.17) is 0 Å². The molecule has 2 rings (SSSR count). The number of nitrogens with zero attached hydrogens (tertiary/aromatic N) is 2. The number of hydrogen-bond acceptors (Lipinski definition) is 5. The molecule has 0 saturated heterocycles. The zero-order valence-electron chi connectivity index (χ0n) is 7.80. The molecule has 0 bridgehead atoms. The van der Waals surface area contributed by atoms with Crippen molar-refractivity contribution in [3.63, 3.8) is 0 Å². The SMILES string of the molecule is CC(Cc1ccsc1)Nc1ncns1. The summed E-state index contributed by atoms with van der Waals surface area (Å²) < 4.78 is 3.94. The fourth-order valence-corrected chi connectivity index (χ4v) is 2.48. The van der Waals surface area contributed by atoms with Gasteiger partial charge in [-0.15, -0.1) is 0 Å². The molecule has 0 saturated carbocycles. The zero-order valence-corrected chi connectivity index (χ0v) is 9.44. The van der Waals surface area contributed by atoms with Gasteiger partial charge >= 0.3 is 0 Å². The summed E-state index contributed by atoms with van der Waals surface area (Å²) in [6.07, 6.45) is 2.60. The molecular weight excluding hydrogens is 214 g/mol. The van der Waals surface area contributed by atoms with Gasteiger partial charge in [-0.25, -0.2) is 4.98 Å². The Hall–Kier alpha value is -0.940. The maximum absolute atomic E-state index is 4.08. The van der Waals surface area contributed by atoms with Crippen molar-refractivity contribution < 1.29 is 0 Å². The van der Waals surface area contributed by atoms with Gasteiger partial charge in [0.1, 0.15) is 6.33 Å². The minimum absolute atomic E-state index is 0.401. The lowest BCUT2D eigenvalue weighted by Gasteiger charge is -2.10. The Morgan fingerprint density at radius 3 is 3.14 bits per heavy atom. The highest BCUT2D eigenvalue weighted by molar-refractivity contribution is 7.09. The number of aromatic nitrogens is 2. The van der Waals surface area contributed by atoms with E-state index in [9.17, 15) is 0 Å². The summed E-state index contributed by atoms with van der Waals surface area (Å²) in [4.78, 5) is 4.08. The van der Waals surface area contributed by atoms with Crippen LogP contribution in [0, 0.1) is 0 Å². The monoisotopic (exact) mass is 225 g/mol. The largest absolute Gasteiger partial charge is 0.358 e. The van der Waals surface area contributed by atoms with E-state index in [2.05, 4.69) is 38.4 Å². The minimum Gasteiger partial charge on any atom is -0.358 e. The number of thiophene rings is 1. The van der Waals surface area contributed by atoms with Crippen LogP contribution < -0.4 is 5.32 Å². The van der Waals surface area contributed by atoms with Crippen LogP contribution in [0.1, 0.15) is 12.5 Å². The summed E-state index contributed by atoms with van der Waals surface area (Å²) in [5, 5.41) is 8.49. The molecule has 3 nitrogen and oxygen atoms in total. The van der Waals surface area contributed by atoms with Crippen LogP contribution in [-0.4, -0.2) is 15.4 Å². The highest BCUT2D eigenvalue weighted by atomic mass is 32.1. The molecule has 0 aliphatic heterocycles. The van der Waals surface area contributed by atoms with Crippen LogP contribution in [0.3, 0.4) is 0 Å². The predicted octanol–water partition coefficient (Wildman–Crippen LogP) is 2.64. The summed E-state index contributed by atoms with van der Waals surface area (Å²) >= 11 is 3.13. The van der Waals surface area contributed by atoms with Crippen molar-refractivity contribution in [3.8, 4) is 0 Å². The van der Waals surface area contributed by atoms with Crippen LogP contribution in [-0.2, 0) is 6.42 Å². The van der Waals surface area contributed by atoms with Crippen LogP contribution in [0.15, 0.2) is 23.2 Å². The molecule has 0 fully saturated rings. The van der Waals surface area contributed by atoms with Crippen molar-refractivity contribution in [2.45, 2.75) is 19.4 Å². The van der Waals surface area contributed by atoms with Crippen LogP contribution in [0.2, 0.25) is 0 Å².